The summed E-state index contributed by atoms with van der Waals surface area (Å²) in [7, 11) is 1.32. The molecule has 1 radical (unpaired) electrons. The molecule has 0 saturated carbocycles. The van der Waals surface area contributed by atoms with Gasteiger partial charge in [-0.25, -0.2) is 4.79 Å². The van der Waals surface area contributed by atoms with Crippen LogP contribution in [0.4, 0.5) is 0 Å². The molecule has 4 nitrogen and oxygen atoms in total. The smallest absolute Gasteiger partial charge is 0.328 e. The number of hydrogen-bond donors (Lipinski definition) is 0. The molecule has 0 aromatic rings. The molecule has 0 aromatic heterocycles. The van der Waals surface area contributed by atoms with E-state index in [1.165, 1.54) is 12.0 Å². The quantitative estimate of drug-likeness (QED) is 0.515. The highest BCUT2D eigenvalue weighted by Crippen LogP contribution is 2.15. The lowest BCUT2D eigenvalue weighted by molar-refractivity contribution is -0.144. The third-order valence-corrected chi connectivity index (χ3v) is 1.84. The highest BCUT2D eigenvalue weighted by molar-refractivity contribution is 5.78. The van der Waals surface area contributed by atoms with Gasteiger partial charge in [-0.15, -0.1) is 0 Å². The van der Waals surface area contributed by atoms with Crippen molar-refractivity contribution in [3.63, 3.8) is 0 Å². The molecule has 1 atom stereocenters. The molecule has 0 aromatic carbocycles. The highest BCUT2D eigenvalue weighted by Gasteiger charge is 2.30. The van der Waals surface area contributed by atoms with Crippen LogP contribution in [-0.2, 0) is 14.3 Å². The Labute approximate surface area is 65.1 Å². The van der Waals surface area contributed by atoms with Crippen LogP contribution >= 0.6 is 0 Å². The Morgan fingerprint density at radius 1 is 1.73 bits per heavy atom. The van der Waals surface area contributed by atoms with Gasteiger partial charge in [0, 0.05) is 6.54 Å². The maximum Gasteiger partial charge on any atom is 0.328 e. The van der Waals surface area contributed by atoms with E-state index < -0.39 is 6.04 Å². The van der Waals surface area contributed by atoms with E-state index in [0.717, 1.165) is 6.42 Å². The molecule has 1 aliphatic heterocycles. The Bertz CT molecular complexity index is 169. The Balaban J connectivity index is 2.56. The summed E-state index contributed by atoms with van der Waals surface area (Å²) in [5.41, 5.74) is 0. The van der Waals surface area contributed by atoms with E-state index in [4.69, 9.17) is 0 Å². The van der Waals surface area contributed by atoms with Gasteiger partial charge in [0.05, 0.1) is 7.11 Å². The van der Waals surface area contributed by atoms with E-state index in [2.05, 4.69) is 4.74 Å². The van der Waals surface area contributed by atoms with Crippen LogP contribution in [-0.4, -0.2) is 37.0 Å². The number of amides is 1. The van der Waals surface area contributed by atoms with Gasteiger partial charge < -0.3 is 9.64 Å². The zero-order valence-electron chi connectivity index (χ0n) is 6.37. The van der Waals surface area contributed by atoms with Crippen molar-refractivity contribution in [2.75, 3.05) is 13.7 Å². The van der Waals surface area contributed by atoms with Crippen LogP contribution in [0, 0.1) is 0 Å². The van der Waals surface area contributed by atoms with Crippen LogP contribution in [0.15, 0.2) is 0 Å². The van der Waals surface area contributed by atoms with E-state index in [9.17, 15) is 9.59 Å². The number of ether oxygens (including phenoxy) is 1. The summed E-state index contributed by atoms with van der Waals surface area (Å²) < 4.78 is 4.51. The van der Waals surface area contributed by atoms with Gasteiger partial charge in [0.15, 0.2) is 0 Å². The second-order valence-corrected chi connectivity index (χ2v) is 2.47. The number of hydrogen-bond acceptors (Lipinski definition) is 3. The number of likely N-dealkylation sites (tertiary alicyclic amines) is 1. The second kappa shape index (κ2) is 3.37. The van der Waals surface area contributed by atoms with Gasteiger partial charge in [-0.2, -0.15) is 0 Å². The van der Waals surface area contributed by atoms with E-state index >= 15 is 0 Å². The molecule has 0 spiro atoms. The first kappa shape index (κ1) is 8.04. The molecule has 1 fully saturated rings. The first-order chi connectivity index (χ1) is 5.29. The number of nitrogens with zero attached hydrogens (tertiary/aromatic N) is 1. The molecular formula is C7H10NO3. The molecule has 0 N–H and O–H groups in total. The molecule has 1 aliphatic rings. The minimum absolute atomic E-state index is 0.342. The zero-order chi connectivity index (χ0) is 8.27. The third-order valence-electron chi connectivity index (χ3n) is 1.84. The van der Waals surface area contributed by atoms with Crippen molar-refractivity contribution in [2.24, 2.45) is 0 Å². The van der Waals surface area contributed by atoms with Gasteiger partial charge >= 0.3 is 12.4 Å². The van der Waals surface area contributed by atoms with Crippen LogP contribution in [0.5, 0.6) is 0 Å². The van der Waals surface area contributed by atoms with Crippen molar-refractivity contribution in [2.45, 2.75) is 18.9 Å². The topological polar surface area (TPSA) is 46.6 Å². The van der Waals surface area contributed by atoms with Crippen molar-refractivity contribution in [1.82, 2.24) is 4.90 Å². The van der Waals surface area contributed by atoms with Gasteiger partial charge in [-0.1, -0.05) is 0 Å². The van der Waals surface area contributed by atoms with Gasteiger partial charge in [0.25, 0.3) is 0 Å². The van der Waals surface area contributed by atoms with Crippen LogP contribution in [0.2, 0.25) is 0 Å². The fourth-order valence-corrected chi connectivity index (χ4v) is 1.26. The lowest BCUT2D eigenvalue weighted by Crippen LogP contribution is -2.35. The summed E-state index contributed by atoms with van der Waals surface area (Å²) in [6, 6.07) is -0.391. The average molecular weight is 156 g/mol. The monoisotopic (exact) mass is 156 g/mol. The summed E-state index contributed by atoms with van der Waals surface area (Å²) >= 11 is 0. The van der Waals surface area contributed by atoms with Crippen molar-refractivity contribution in [3.05, 3.63) is 0 Å². The van der Waals surface area contributed by atoms with E-state index in [1.54, 1.807) is 6.41 Å². The lowest BCUT2D eigenvalue weighted by atomic mass is 10.2. The minimum atomic E-state index is -0.391. The molecule has 0 aliphatic carbocycles. The van der Waals surface area contributed by atoms with E-state index in [1.807, 2.05) is 0 Å². The molecule has 0 bridgehead atoms. The molecule has 1 amide bonds. The Morgan fingerprint density at radius 2 is 2.45 bits per heavy atom. The van der Waals surface area contributed by atoms with Crippen molar-refractivity contribution in [1.29, 1.82) is 0 Å². The fourth-order valence-electron chi connectivity index (χ4n) is 1.26. The number of rotatable bonds is 2. The largest absolute Gasteiger partial charge is 0.467 e. The van der Waals surface area contributed by atoms with Crippen LogP contribution in [0.1, 0.15) is 12.8 Å². The Morgan fingerprint density at radius 3 is 3.00 bits per heavy atom. The van der Waals surface area contributed by atoms with Crippen LogP contribution in [0.25, 0.3) is 0 Å². The Hall–Kier alpha value is -1.06. The maximum atomic E-state index is 10.9. The van der Waals surface area contributed by atoms with Crippen molar-refractivity contribution < 1.29 is 14.3 Å². The number of carbonyl (C=O) groups is 1. The molecule has 1 unspecified atom stereocenters. The number of methoxy groups -OCH3 is 1. The molecule has 4 heteroatoms. The molecule has 1 heterocycles. The first-order valence-electron chi connectivity index (χ1n) is 3.52. The summed E-state index contributed by atoms with van der Waals surface area (Å²) in [5, 5.41) is 0. The number of carbonyl (C=O) groups excluding carboxylic acids is 2. The minimum Gasteiger partial charge on any atom is -0.467 e. The predicted octanol–water partition coefficient (Wildman–Crippen LogP) is -0.309. The van der Waals surface area contributed by atoms with Gasteiger partial charge in [0.2, 0.25) is 0 Å². The third kappa shape index (κ3) is 1.50. The van der Waals surface area contributed by atoms with Gasteiger partial charge in [0.1, 0.15) is 6.04 Å². The highest BCUT2D eigenvalue weighted by atomic mass is 16.5. The summed E-state index contributed by atoms with van der Waals surface area (Å²) in [4.78, 5) is 22.5. The van der Waals surface area contributed by atoms with Gasteiger partial charge in [-0.3, -0.25) is 4.79 Å². The van der Waals surface area contributed by atoms with E-state index in [0.29, 0.717) is 13.0 Å². The molecule has 61 valence electrons. The zero-order valence-corrected chi connectivity index (χ0v) is 6.37. The Kier molecular flexibility index (Phi) is 2.46. The molecule has 1 rings (SSSR count). The van der Waals surface area contributed by atoms with Crippen LogP contribution in [0.3, 0.4) is 0 Å². The van der Waals surface area contributed by atoms with Crippen LogP contribution < -0.4 is 0 Å². The van der Waals surface area contributed by atoms with Gasteiger partial charge in [-0.05, 0) is 12.8 Å². The van der Waals surface area contributed by atoms with Crippen molar-refractivity contribution in [3.8, 4) is 0 Å². The predicted molar refractivity (Wildman–Crippen MR) is 37.4 cm³/mol. The maximum absolute atomic E-state index is 10.9. The molecule has 11 heavy (non-hydrogen) atoms. The SMILES string of the molecule is COC(=O)C1CCCN1[C]=O. The normalized spacial score (nSPS) is 23.4. The summed E-state index contributed by atoms with van der Waals surface area (Å²) in [6.45, 7) is 0.614. The summed E-state index contributed by atoms with van der Waals surface area (Å²) in [5.74, 6) is -0.342. The molecule has 1 saturated heterocycles. The van der Waals surface area contributed by atoms with Crippen molar-refractivity contribution >= 4 is 12.4 Å². The lowest BCUT2D eigenvalue weighted by Gasteiger charge is -2.15. The summed E-state index contributed by atoms with van der Waals surface area (Å²) in [6.07, 6.45) is 3.26. The van der Waals surface area contributed by atoms with E-state index in [-0.39, 0.29) is 5.97 Å². The second-order valence-electron chi connectivity index (χ2n) is 2.47. The standard InChI is InChI=1S/C7H10NO3/c1-11-7(10)6-3-2-4-8(6)5-9/h6H,2-4H2,1H3. The fraction of sp³-hybridized carbons (Fsp3) is 0.714. The number of esters is 1. The first-order valence-corrected chi connectivity index (χ1v) is 3.52. The average Bonchev–Trinajstić information content (AvgIpc) is 2.50. The molecular weight excluding hydrogens is 146 g/mol.